The molecule has 0 atom stereocenters. The average molecular weight is 178 g/mol. The summed E-state index contributed by atoms with van der Waals surface area (Å²) in [5, 5.41) is 0. The molecule has 2 heterocycles. The third kappa shape index (κ3) is 1.32. The Hall–Kier alpha value is -1.65. The number of imidazole rings is 1. The number of nitrogens with one attached hydrogen (secondary N) is 2. The predicted molar refractivity (Wildman–Crippen MR) is 48.5 cm³/mol. The molecule has 0 saturated carbocycles. The van der Waals surface area contributed by atoms with Crippen molar-refractivity contribution >= 4 is 11.2 Å². The first-order valence-corrected chi connectivity index (χ1v) is 4.23. The lowest BCUT2D eigenvalue weighted by molar-refractivity contribution is 0.860. The number of fused-ring (bicyclic) bond motifs is 1. The third-order valence-electron chi connectivity index (χ3n) is 1.83. The lowest BCUT2D eigenvalue weighted by Crippen LogP contribution is -2.05. The van der Waals surface area contributed by atoms with E-state index in [1.54, 1.807) is 0 Å². The summed E-state index contributed by atoms with van der Waals surface area (Å²) in [6.07, 6.45) is 3.20. The van der Waals surface area contributed by atoms with Crippen LogP contribution < -0.4 is 5.56 Å². The number of hydrogen-bond donors (Lipinski definition) is 2. The van der Waals surface area contributed by atoms with Gasteiger partial charge in [0.2, 0.25) is 0 Å². The van der Waals surface area contributed by atoms with E-state index >= 15 is 0 Å². The third-order valence-corrected chi connectivity index (χ3v) is 1.83. The number of aromatic amines is 2. The van der Waals surface area contributed by atoms with Crippen molar-refractivity contribution in [1.82, 2.24) is 19.9 Å². The van der Waals surface area contributed by atoms with Gasteiger partial charge in [-0.1, -0.05) is 6.92 Å². The van der Waals surface area contributed by atoms with Crippen LogP contribution in [0.5, 0.6) is 0 Å². The van der Waals surface area contributed by atoms with Gasteiger partial charge in [0.25, 0.3) is 5.56 Å². The number of aryl methyl sites for hydroxylation is 1. The van der Waals surface area contributed by atoms with Gasteiger partial charge < -0.3 is 9.97 Å². The topological polar surface area (TPSA) is 74.4 Å². The van der Waals surface area contributed by atoms with Gasteiger partial charge in [0.1, 0.15) is 5.82 Å². The summed E-state index contributed by atoms with van der Waals surface area (Å²) in [5.41, 5.74) is 0.790. The highest BCUT2D eigenvalue weighted by Crippen LogP contribution is 2.03. The summed E-state index contributed by atoms with van der Waals surface area (Å²) in [4.78, 5) is 24.8. The summed E-state index contributed by atoms with van der Waals surface area (Å²) in [6.45, 7) is 2.06. The van der Waals surface area contributed by atoms with Gasteiger partial charge in [0.05, 0.1) is 6.33 Å². The van der Waals surface area contributed by atoms with Crippen LogP contribution in [0.4, 0.5) is 0 Å². The molecule has 0 aliphatic carbocycles. The van der Waals surface area contributed by atoms with Gasteiger partial charge in [-0.05, 0) is 6.42 Å². The van der Waals surface area contributed by atoms with E-state index in [-0.39, 0.29) is 5.56 Å². The second-order valence-corrected chi connectivity index (χ2v) is 2.86. The zero-order valence-corrected chi connectivity index (χ0v) is 7.29. The first kappa shape index (κ1) is 7.97. The molecule has 0 fully saturated rings. The van der Waals surface area contributed by atoms with Crippen molar-refractivity contribution in [2.75, 3.05) is 0 Å². The van der Waals surface area contributed by atoms with Crippen molar-refractivity contribution in [3.05, 3.63) is 22.5 Å². The van der Waals surface area contributed by atoms with E-state index in [0.717, 1.165) is 18.7 Å². The van der Waals surface area contributed by atoms with Gasteiger partial charge in [0.15, 0.2) is 11.2 Å². The van der Waals surface area contributed by atoms with Crippen LogP contribution in [0.3, 0.4) is 0 Å². The van der Waals surface area contributed by atoms with Gasteiger partial charge in [-0.3, -0.25) is 4.79 Å². The normalized spacial score (nSPS) is 10.8. The highest BCUT2D eigenvalue weighted by Gasteiger charge is 2.04. The summed E-state index contributed by atoms with van der Waals surface area (Å²) in [5.74, 6) is 0.821. The van der Waals surface area contributed by atoms with Crippen molar-refractivity contribution < 1.29 is 0 Å². The fraction of sp³-hybridized carbons (Fsp3) is 0.375. The molecule has 2 aromatic heterocycles. The van der Waals surface area contributed by atoms with E-state index in [2.05, 4.69) is 26.9 Å². The van der Waals surface area contributed by atoms with Crippen molar-refractivity contribution in [1.29, 1.82) is 0 Å². The van der Waals surface area contributed by atoms with E-state index in [0.29, 0.717) is 11.2 Å². The Morgan fingerprint density at radius 3 is 3.08 bits per heavy atom. The quantitative estimate of drug-likeness (QED) is 0.707. The molecular formula is C8H10N4O. The molecule has 5 nitrogen and oxygen atoms in total. The summed E-state index contributed by atoms with van der Waals surface area (Å²) < 4.78 is 0. The van der Waals surface area contributed by atoms with Crippen LogP contribution in [0.2, 0.25) is 0 Å². The van der Waals surface area contributed by atoms with Crippen LogP contribution in [0.15, 0.2) is 11.1 Å². The number of aromatic nitrogens is 4. The number of H-pyrrole nitrogens is 2. The molecule has 0 spiro atoms. The Morgan fingerprint density at radius 1 is 1.54 bits per heavy atom. The smallest absolute Gasteiger partial charge is 0.276 e. The van der Waals surface area contributed by atoms with Crippen LogP contribution in [0, 0.1) is 0 Å². The molecule has 68 valence electrons. The van der Waals surface area contributed by atoms with Crippen LogP contribution in [0.25, 0.3) is 11.2 Å². The van der Waals surface area contributed by atoms with E-state index < -0.39 is 0 Å². The molecule has 2 aromatic rings. The SMILES string of the molecule is CCCc1nc2nc[nH]c(=O)c2[nH]1. The van der Waals surface area contributed by atoms with Gasteiger partial charge in [-0.2, -0.15) is 0 Å². The molecule has 0 aliphatic rings. The summed E-state index contributed by atoms with van der Waals surface area (Å²) in [6, 6.07) is 0. The minimum atomic E-state index is -0.167. The molecule has 0 bridgehead atoms. The van der Waals surface area contributed by atoms with E-state index in [9.17, 15) is 4.79 Å². The molecule has 13 heavy (non-hydrogen) atoms. The van der Waals surface area contributed by atoms with Gasteiger partial charge in [-0.15, -0.1) is 0 Å². The largest absolute Gasteiger partial charge is 0.336 e. The molecule has 0 radical (unpaired) electrons. The molecular weight excluding hydrogens is 168 g/mol. The zero-order chi connectivity index (χ0) is 9.26. The maximum absolute atomic E-state index is 11.2. The lowest BCUT2D eigenvalue weighted by Gasteiger charge is -1.86. The Bertz CT molecular complexity index is 470. The first-order chi connectivity index (χ1) is 6.31. The van der Waals surface area contributed by atoms with Crippen LogP contribution in [-0.4, -0.2) is 19.9 Å². The predicted octanol–water partition coefficient (Wildman–Crippen LogP) is 0.599. The van der Waals surface area contributed by atoms with Crippen LogP contribution in [-0.2, 0) is 6.42 Å². The van der Waals surface area contributed by atoms with Gasteiger partial charge in [-0.25, -0.2) is 9.97 Å². The fourth-order valence-corrected chi connectivity index (χ4v) is 1.24. The maximum atomic E-state index is 11.2. The van der Waals surface area contributed by atoms with Gasteiger partial charge >= 0.3 is 0 Å². The standard InChI is InChI=1S/C8H10N4O/c1-2-3-5-11-6-7(12-5)9-4-10-8(6)13/h4H,2-3H2,1H3,(H2,9,10,11,12,13). The number of hydrogen-bond acceptors (Lipinski definition) is 3. The molecule has 5 heteroatoms. The zero-order valence-electron chi connectivity index (χ0n) is 7.29. The fourth-order valence-electron chi connectivity index (χ4n) is 1.24. The average Bonchev–Trinajstić information content (AvgIpc) is 2.49. The van der Waals surface area contributed by atoms with Crippen molar-refractivity contribution in [3.63, 3.8) is 0 Å². The molecule has 2 N–H and O–H groups in total. The summed E-state index contributed by atoms with van der Waals surface area (Å²) >= 11 is 0. The molecule has 0 aromatic carbocycles. The lowest BCUT2D eigenvalue weighted by atomic mass is 10.3. The highest BCUT2D eigenvalue weighted by atomic mass is 16.1. The minimum absolute atomic E-state index is 0.167. The molecule has 0 aliphatic heterocycles. The molecule has 0 saturated heterocycles. The minimum Gasteiger partial charge on any atom is -0.336 e. The molecule has 0 amide bonds. The highest BCUT2D eigenvalue weighted by molar-refractivity contribution is 5.68. The van der Waals surface area contributed by atoms with Crippen LogP contribution >= 0.6 is 0 Å². The van der Waals surface area contributed by atoms with Crippen LogP contribution in [0.1, 0.15) is 19.2 Å². The van der Waals surface area contributed by atoms with Crippen molar-refractivity contribution in [3.8, 4) is 0 Å². The number of nitrogens with zero attached hydrogens (tertiary/aromatic N) is 2. The summed E-state index contributed by atoms with van der Waals surface area (Å²) in [7, 11) is 0. The molecule has 0 unspecified atom stereocenters. The monoisotopic (exact) mass is 178 g/mol. The Morgan fingerprint density at radius 2 is 2.38 bits per heavy atom. The number of rotatable bonds is 2. The van der Waals surface area contributed by atoms with Crippen molar-refractivity contribution in [2.45, 2.75) is 19.8 Å². The second-order valence-electron chi connectivity index (χ2n) is 2.86. The van der Waals surface area contributed by atoms with Crippen molar-refractivity contribution in [2.24, 2.45) is 0 Å². The van der Waals surface area contributed by atoms with E-state index in [1.807, 2.05) is 0 Å². The Kier molecular flexibility index (Phi) is 1.84. The Balaban J connectivity index is 2.62. The van der Waals surface area contributed by atoms with E-state index in [1.165, 1.54) is 6.33 Å². The molecule has 2 rings (SSSR count). The Labute approximate surface area is 74.2 Å². The first-order valence-electron chi connectivity index (χ1n) is 4.23. The van der Waals surface area contributed by atoms with Gasteiger partial charge in [0, 0.05) is 6.42 Å². The van der Waals surface area contributed by atoms with E-state index in [4.69, 9.17) is 0 Å². The maximum Gasteiger partial charge on any atom is 0.276 e. The second kappa shape index (κ2) is 3.01.